The van der Waals surface area contributed by atoms with Crippen LogP contribution in [0, 0.1) is 11.7 Å². The normalized spacial score (nSPS) is 16.0. The highest BCUT2D eigenvalue weighted by molar-refractivity contribution is 5.71. The van der Waals surface area contributed by atoms with Gasteiger partial charge in [-0.05, 0) is 82.3 Å². The lowest BCUT2D eigenvalue weighted by Gasteiger charge is -2.25. The Morgan fingerprint density at radius 2 is 1.80 bits per heavy atom. The van der Waals surface area contributed by atoms with E-state index >= 15 is 0 Å². The molecule has 0 aliphatic heterocycles. The van der Waals surface area contributed by atoms with Crippen LogP contribution in [0.5, 0.6) is 11.5 Å². The Kier molecular flexibility index (Phi) is 6.93. The molecular weight excluding hydrogens is 439 g/mol. The van der Waals surface area contributed by atoms with E-state index in [2.05, 4.69) is 45.5 Å². The first kappa shape index (κ1) is 24.8. The van der Waals surface area contributed by atoms with Gasteiger partial charge in [-0.1, -0.05) is 58.5 Å². The van der Waals surface area contributed by atoms with Crippen molar-refractivity contribution in [2.75, 3.05) is 7.11 Å². The van der Waals surface area contributed by atoms with Crippen molar-refractivity contribution in [1.29, 1.82) is 0 Å². The second kappa shape index (κ2) is 9.77. The number of benzene rings is 3. The summed E-state index contributed by atoms with van der Waals surface area (Å²) in [5, 5.41) is 9.91. The molecule has 3 aromatic carbocycles. The molecule has 0 aromatic heterocycles. The van der Waals surface area contributed by atoms with E-state index in [1.807, 2.05) is 25.1 Å². The summed E-state index contributed by atoms with van der Waals surface area (Å²) in [7, 11) is 1.59. The Bertz CT molecular complexity index is 1240. The Labute approximate surface area is 208 Å². The molecule has 0 amide bonds. The molecule has 35 heavy (non-hydrogen) atoms. The van der Waals surface area contributed by atoms with Crippen molar-refractivity contribution < 1.29 is 19.0 Å². The van der Waals surface area contributed by atoms with E-state index in [9.17, 15) is 9.50 Å². The fourth-order valence-electron chi connectivity index (χ4n) is 4.99. The molecule has 4 heteroatoms. The number of halogens is 1. The van der Waals surface area contributed by atoms with Crippen molar-refractivity contribution in [2.24, 2.45) is 5.92 Å². The summed E-state index contributed by atoms with van der Waals surface area (Å²) >= 11 is 0. The molecule has 3 aromatic rings. The number of aliphatic hydroxyl groups is 1. The van der Waals surface area contributed by atoms with E-state index in [1.165, 1.54) is 17.2 Å². The van der Waals surface area contributed by atoms with Gasteiger partial charge in [0.1, 0.15) is 23.9 Å². The highest BCUT2D eigenvalue weighted by Crippen LogP contribution is 2.42. The van der Waals surface area contributed by atoms with Crippen molar-refractivity contribution in [3.63, 3.8) is 0 Å². The SMILES string of the molecule is C=C(O)[C@@H](C)C1CCc2ccc(OCc3ccc(-c4cc(OC)ccc4F)c(C(C)(C)C)c3)cc21. The van der Waals surface area contributed by atoms with E-state index in [0.29, 0.717) is 17.9 Å². The molecule has 1 aliphatic carbocycles. The average Bonchev–Trinajstić information content (AvgIpc) is 3.25. The lowest BCUT2D eigenvalue weighted by molar-refractivity contribution is 0.302. The largest absolute Gasteiger partial charge is 0.513 e. The molecule has 0 saturated heterocycles. The van der Waals surface area contributed by atoms with Gasteiger partial charge < -0.3 is 14.6 Å². The van der Waals surface area contributed by atoms with Crippen LogP contribution in [0.1, 0.15) is 62.3 Å². The predicted octanol–water partition coefficient (Wildman–Crippen LogP) is 8.12. The van der Waals surface area contributed by atoms with Gasteiger partial charge in [0, 0.05) is 11.5 Å². The zero-order valence-corrected chi connectivity index (χ0v) is 21.3. The minimum absolute atomic E-state index is 0.0189. The third-order valence-electron chi connectivity index (χ3n) is 7.13. The van der Waals surface area contributed by atoms with Gasteiger partial charge in [-0.25, -0.2) is 4.39 Å². The summed E-state index contributed by atoms with van der Waals surface area (Å²) in [6.45, 7) is 12.6. The van der Waals surface area contributed by atoms with Crippen LogP contribution in [0.2, 0.25) is 0 Å². The van der Waals surface area contributed by atoms with Gasteiger partial charge in [0.05, 0.1) is 12.9 Å². The van der Waals surface area contributed by atoms with Crippen LogP contribution in [0.3, 0.4) is 0 Å². The summed E-state index contributed by atoms with van der Waals surface area (Å²) in [4.78, 5) is 0. The zero-order valence-electron chi connectivity index (χ0n) is 21.3. The van der Waals surface area contributed by atoms with Gasteiger partial charge in [-0.15, -0.1) is 0 Å². The zero-order chi connectivity index (χ0) is 25.3. The molecule has 0 spiro atoms. The number of hydrogen-bond donors (Lipinski definition) is 1. The van der Waals surface area contributed by atoms with Crippen molar-refractivity contribution in [1.82, 2.24) is 0 Å². The third kappa shape index (κ3) is 5.22. The van der Waals surface area contributed by atoms with Crippen molar-refractivity contribution >= 4 is 0 Å². The van der Waals surface area contributed by atoms with Gasteiger partial charge in [0.15, 0.2) is 0 Å². The van der Waals surface area contributed by atoms with E-state index in [-0.39, 0.29) is 28.8 Å². The number of ether oxygens (including phenoxy) is 2. The number of hydrogen-bond acceptors (Lipinski definition) is 3. The standard InChI is InChI=1S/C31H35FO3/c1-19(20(2)33)25-13-9-22-8-10-24(17-27(22)25)35-18-21-7-12-26(29(15-21)31(3,4)5)28-16-23(34-6)11-14-30(28)32/h7-8,10-12,14-17,19,25,33H,2,9,13,18H2,1,3-6H3/t19-,25?/m1/s1. The average molecular weight is 475 g/mol. The highest BCUT2D eigenvalue weighted by atomic mass is 19.1. The van der Waals surface area contributed by atoms with Gasteiger partial charge in [-0.3, -0.25) is 0 Å². The number of allylic oxidation sites excluding steroid dienone is 1. The van der Waals surface area contributed by atoms with E-state index in [0.717, 1.165) is 35.3 Å². The number of methoxy groups -OCH3 is 1. The Morgan fingerprint density at radius 3 is 2.49 bits per heavy atom. The van der Waals surface area contributed by atoms with Crippen LogP contribution in [0.25, 0.3) is 11.1 Å². The van der Waals surface area contributed by atoms with Gasteiger partial charge in [0.2, 0.25) is 0 Å². The Morgan fingerprint density at radius 1 is 1.06 bits per heavy atom. The summed E-state index contributed by atoms with van der Waals surface area (Å²) in [5.74, 6) is 1.68. The number of aliphatic hydroxyl groups excluding tert-OH is 1. The van der Waals surface area contributed by atoms with E-state index < -0.39 is 0 Å². The lowest BCUT2D eigenvalue weighted by atomic mass is 9.81. The first-order chi connectivity index (χ1) is 16.6. The summed E-state index contributed by atoms with van der Waals surface area (Å²) in [6, 6.07) is 17.2. The van der Waals surface area contributed by atoms with Crippen LogP contribution in [-0.2, 0) is 18.4 Å². The van der Waals surface area contributed by atoms with E-state index in [1.54, 1.807) is 19.2 Å². The molecule has 0 saturated carbocycles. The van der Waals surface area contributed by atoms with Gasteiger partial charge in [-0.2, -0.15) is 0 Å². The maximum Gasteiger partial charge on any atom is 0.131 e. The lowest BCUT2D eigenvalue weighted by Crippen LogP contribution is -2.14. The second-order valence-corrected chi connectivity index (χ2v) is 10.6. The summed E-state index contributed by atoms with van der Waals surface area (Å²) in [5.41, 5.74) is 5.83. The molecule has 0 fully saturated rings. The highest BCUT2D eigenvalue weighted by Gasteiger charge is 2.29. The molecule has 0 bridgehead atoms. The second-order valence-electron chi connectivity index (χ2n) is 10.6. The maximum atomic E-state index is 14.8. The molecular formula is C31H35FO3. The fourth-order valence-corrected chi connectivity index (χ4v) is 4.99. The minimum Gasteiger partial charge on any atom is -0.513 e. The molecule has 4 rings (SSSR count). The number of rotatable bonds is 7. The van der Waals surface area contributed by atoms with Crippen LogP contribution < -0.4 is 9.47 Å². The quantitative estimate of drug-likeness (QED) is 0.352. The van der Waals surface area contributed by atoms with Crippen molar-refractivity contribution in [2.45, 2.75) is 58.5 Å². The Hall–Kier alpha value is -3.27. The molecule has 1 aliphatic rings. The molecule has 184 valence electrons. The molecule has 1 N–H and O–H groups in total. The Balaban J connectivity index is 1.60. The summed E-state index contributed by atoms with van der Waals surface area (Å²) in [6.07, 6.45) is 2.02. The van der Waals surface area contributed by atoms with Crippen molar-refractivity contribution in [3.05, 3.63) is 95.0 Å². The predicted molar refractivity (Wildman–Crippen MR) is 140 cm³/mol. The molecule has 2 atom stereocenters. The third-order valence-corrected chi connectivity index (χ3v) is 7.13. The number of fused-ring (bicyclic) bond motifs is 1. The summed E-state index contributed by atoms with van der Waals surface area (Å²) < 4.78 is 26.3. The molecule has 0 radical (unpaired) electrons. The van der Waals surface area contributed by atoms with E-state index in [4.69, 9.17) is 9.47 Å². The van der Waals surface area contributed by atoms with Crippen LogP contribution in [0.15, 0.2) is 66.9 Å². The molecule has 1 unspecified atom stereocenters. The monoisotopic (exact) mass is 474 g/mol. The van der Waals surface area contributed by atoms with Gasteiger partial charge >= 0.3 is 0 Å². The first-order valence-corrected chi connectivity index (χ1v) is 12.2. The topological polar surface area (TPSA) is 38.7 Å². The number of aryl methyl sites for hydroxylation is 1. The van der Waals surface area contributed by atoms with Crippen LogP contribution in [-0.4, -0.2) is 12.2 Å². The van der Waals surface area contributed by atoms with Gasteiger partial charge in [0.25, 0.3) is 0 Å². The molecule has 0 heterocycles. The molecule has 3 nitrogen and oxygen atoms in total. The maximum absolute atomic E-state index is 14.8. The fraction of sp³-hybridized carbons (Fsp3) is 0.355. The smallest absolute Gasteiger partial charge is 0.131 e. The van der Waals surface area contributed by atoms with Crippen molar-refractivity contribution in [3.8, 4) is 22.6 Å². The first-order valence-electron chi connectivity index (χ1n) is 12.2. The van der Waals surface area contributed by atoms with Crippen LogP contribution >= 0.6 is 0 Å². The minimum atomic E-state index is -0.271. The van der Waals surface area contributed by atoms with Crippen LogP contribution in [0.4, 0.5) is 4.39 Å².